The molecule has 0 unspecified atom stereocenters. The van der Waals surface area contributed by atoms with Gasteiger partial charge in [-0.1, -0.05) is 6.07 Å². The molecule has 0 spiro atoms. The Morgan fingerprint density at radius 2 is 2.05 bits per heavy atom. The van der Waals surface area contributed by atoms with Crippen LogP contribution in [0.1, 0.15) is 10.4 Å². The number of nitrogens with zero attached hydrogens (tertiary/aromatic N) is 2. The van der Waals surface area contributed by atoms with Crippen LogP contribution in [0, 0.1) is 0 Å². The van der Waals surface area contributed by atoms with E-state index in [0.717, 1.165) is 27.8 Å². The maximum Gasteiger partial charge on any atom is 0.335 e. The number of aromatic carboxylic acids is 1. The molecule has 0 saturated carbocycles. The van der Waals surface area contributed by atoms with Gasteiger partial charge in [-0.2, -0.15) is 0 Å². The number of hydrogen-bond acceptors (Lipinski definition) is 2. The first kappa shape index (κ1) is 11.7. The molecule has 4 rings (SSSR count). The molecule has 0 aliphatic rings. The van der Waals surface area contributed by atoms with Crippen molar-refractivity contribution < 1.29 is 9.90 Å². The van der Waals surface area contributed by atoms with Gasteiger partial charge in [0.2, 0.25) is 0 Å². The van der Waals surface area contributed by atoms with E-state index in [1.54, 1.807) is 18.3 Å². The Balaban J connectivity index is 1.96. The van der Waals surface area contributed by atoms with E-state index in [0.29, 0.717) is 0 Å². The summed E-state index contributed by atoms with van der Waals surface area (Å²) in [6.07, 6.45) is 3.65. The van der Waals surface area contributed by atoms with E-state index in [2.05, 4.69) is 9.97 Å². The topological polar surface area (TPSA) is 70.9 Å². The van der Waals surface area contributed by atoms with Crippen LogP contribution in [0.25, 0.3) is 27.8 Å². The summed E-state index contributed by atoms with van der Waals surface area (Å²) >= 11 is 0. The van der Waals surface area contributed by atoms with Crippen molar-refractivity contribution >= 4 is 27.9 Å². The van der Waals surface area contributed by atoms with Gasteiger partial charge in [-0.3, -0.25) is 0 Å². The number of hydrogen-bond donors (Lipinski definition) is 2. The predicted octanol–water partition coefficient (Wildman–Crippen LogP) is 3.21. The molecule has 0 amide bonds. The molecule has 4 aromatic rings. The second kappa shape index (κ2) is 4.21. The van der Waals surface area contributed by atoms with Gasteiger partial charge >= 0.3 is 5.97 Å². The average molecular weight is 277 g/mol. The number of rotatable bonds is 2. The van der Waals surface area contributed by atoms with Crippen LogP contribution < -0.4 is 0 Å². The van der Waals surface area contributed by atoms with Gasteiger partial charge < -0.3 is 14.7 Å². The molecule has 2 N–H and O–H groups in total. The van der Waals surface area contributed by atoms with E-state index in [1.165, 1.54) is 0 Å². The lowest BCUT2D eigenvalue weighted by atomic mass is 10.1. The number of H-pyrrole nitrogens is 1. The van der Waals surface area contributed by atoms with Crippen LogP contribution in [0.2, 0.25) is 0 Å². The zero-order valence-electron chi connectivity index (χ0n) is 10.9. The van der Waals surface area contributed by atoms with Gasteiger partial charge in [0.1, 0.15) is 11.5 Å². The first-order valence-corrected chi connectivity index (χ1v) is 6.51. The number of benzene rings is 1. The second-order valence-corrected chi connectivity index (χ2v) is 4.86. The minimum absolute atomic E-state index is 0.275. The molecule has 5 heteroatoms. The van der Waals surface area contributed by atoms with Crippen LogP contribution in [0.3, 0.4) is 0 Å². The summed E-state index contributed by atoms with van der Waals surface area (Å²) in [5.74, 6) is -0.0656. The lowest BCUT2D eigenvalue weighted by molar-refractivity contribution is 0.0697. The van der Waals surface area contributed by atoms with Crippen molar-refractivity contribution in [2.75, 3.05) is 0 Å². The molecule has 0 fully saturated rings. The quantitative estimate of drug-likeness (QED) is 0.591. The van der Waals surface area contributed by atoms with Gasteiger partial charge in [0.15, 0.2) is 0 Å². The Morgan fingerprint density at radius 1 is 1.14 bits per heavy atom. The first-order chi connectivity index (χ1) is 10.2. The summed E-state index contributed by atoms with van der Waals surface area (Å²) in [6, 6.07) is 12.9. The highest BCUT2D eigenvalue weighted by molar-refractivity contribution is 5.94. The maximum absolute atomic E-state index is 11.1. The van der Waals surface area contributed by atoms with Crippen LogP contribution in [-0.2, 0) is 0 Å². The molecule has 3 aromatic heterocycles. The highest BCUT2D eigenvalue weighted by Crippen LogP contribution is 2.23. The number of nitrogens with one attached hydrogen (secondary N) is 1. The van der Waals surface area contributed by atoms with E-state index in [1.807, 2.05) is 41.1 Å². The number of carbonyl (C=O) groups is 1. The summed E-state index contributed by atoms with van der Waals surface area (Å²) in [5.41, 5.74) is 1.93. The fourth-order valence-electron chi connectivity index (χ4n) is 2.54. The zero-order chi connectivity index (χ0) is 14.4. The second-order valence-electron chi connectivity index (χ2n) is 4.86. The molecule has 0 atom stereocenters. The van der Waals surface area contributed by atoms with Gasteiger partial charge in [0.25, 0.3) is 0 Å². The van der Waals surface area contributed by atoms with E-state index >= 15 is 0 Å². The van der Waals surface area contributed by atoms with Crippen molar-refractivity contribution in [2.24, 2.45) is 0 Å². The highest BCUT2D eigenvalue weighted by atomic mass is 16.4. The van der Waals surface area contributed by atoms with E-state index in [4.69, 9.17) is 5.11 Å². The van der Waals surface area contributed by atoms with Crippen molar-refractivity contribution in [3.05, 3.63) is 60.4 Å². The smallest absolute Gasteiger partial charge is 0.335 e. The molecule has 5 nitrogen and oxygen atoms in total. The normalized spacial score (nSPS) is 11.2. The standard InChI is InChI=1S/C16H11N3O2/c20-16(21)12-4-3-10-5-7-19(13(10)8-12)14-9-11-2-1-6-17-15(11)18-14/h1-9H,(H,17,18)(H,20,21). The molecule has 0 aliphatic heterocycles. The van der Waals surface area contributed by atoms with Crippen LogP contribution in [0.15, 0.2) is 54.9 Å². The lowest BCUT2D eigenvalue weighted by Gasteiger charge is -2.03. The summed E-state index contributed by atoms with van der Waals surface area (Å²) in [5, 5.41) is 11.1. The van der Waals surface area contributed by atoms with Gasteiger partial charge in [0, 0.05) is 23.2 Å². The number of pyridine rings is 1. The third-order valence-electron chi connectivity index (χ3n) is 3.58. The molecular formula is C16H11N3O2. The molecule has 21 heavy (non-hydrogen) atoms. The van der Waals surface area contributed by atoms with E-state index in [9.17, 15) is 4.79 Å². The van der Waals surface area contributed by atoms with Crippen molar-refractivity contribution in [1.82, 2.24) is 14.5 Å². The van der Waals surface area contributed by atoms with E-state index in [-0.39, 0.29) is 5.56 Å². The first-order valence-electron chi connectivity index (χ1n) is 6.51. The van der Waals surface area contributed by atoms with Crippen molar-refractivity contribution in [3.8, 4) is 5.82 Å². The number of fused-ring (bicyclic) bond motifs is 2. The van der Waals surface area contributed by atoms with Crippen molar-refractivity contribution in [1.29, 1.82) is 0 Å². The average Bonchev–Trinajstić information content (AvgIpc) is 3.09. The molecular weight excluding hydrogens is 266 g/mol. The lowest BCUT2D eigenvalue weighted by Crippen LogP contribution is -1.97. The molecule has 0 saturated heterocycles. The summed E-state index contributed by atoms with van der Waals surface area (Å²) in [4.78, 5) is 18.6. The fourth-order valence-corrected chi connectivity index (χ4v) is 2.54. The van der Waals surface area contributed by atoms with Gasteiger partial charge in [-0.15, -0.1) is 0 Å². The number of carboxylic acid groups (broad SMARTS) is 1. The number of aromatic amines is 1. The maximum atomic E-state index is 11.1. The zero-order valence-corrected chi connectivity index (χ0v) is 10.9. The minimum atomic E-state index is -0.928. The molecule has 1 aromatic carbocycles. The Bertz CT molecular complexity index is 948. The third kappa shape index (κ3) is 1.79. The largest absolute Gasteiger partial charge is 0.478 e. The summed E-state index contributed by atoms with van der Waals surface area (Å²) < 4.78 is 1.93. The van der Waals surface area contributed by atoms with Crippen LogP contribution in [0.5, 0.6) is 0 Å². The van der Waals surface area contributed by atoms with Crippen LogP contribution in [0.4, 0.5) is 0 Å². The van der Waals surface area contributed by atoms with Gasteiger partial charge in [-0.25, -0.2) is 9.78 Å². The van der Waals surface area contributed by atoms with Crippen LogP contribution >= 0.6 is 0 Å². The Morgan fingerprint density at radius 3 is 2.86 bits per heavy atom. The third-order valence-corrected chi connectivity index (χ3v) is 3.58. The predicted molar refractivity (Wildman–Crippen MR) is 79.9 cm³/mol. The fraction of sp³-hybridized carbons (Fsp3) is 0. The van der Waals surface area contributed by atoms with Crippen molar-refractivity contribution in [2.45, 2.75) is 0 Å². The minimum Gasteiger partial charge on any atom is -0.478 e. The van der Waals surface area contributed by atoms with Gasteiger partial charge in [0.05, 0.1) is 11.1 Å². The summed E-state index contributed by atoms with van der Waals surface area (Å²) in [7, 11) is 0. The number of carboxylic acids is 1. The SMILES string of the molecule is O=C(O)c1ccc2ccn(-c3cc4cccnc4[nH]3)c2c1. The monoisotopic (exact) mass is 277 g/mol. The highest BCUT2D eigenvalue weighted by Gasteiger charge is 2.10. The Kier molecular flexibility index (Phi) is 2.35. The molecule has 102 valence electrons. The molecule has 0 radical (unpaired) electrons. The van der Waals surface area contributed by atoms with Crippen molar-refractivity contribution in [3.63, 3.8) is 0 Å². The number of aromatic nitrogens is 3. The molecule has 0 bridgehead atoms. The van der Waals surface area contributed by atoms with E-state index < -0.39 is 5.97 Å². The summed E-state index contributed by atoms with van der Waals surface area (Å²) in [6.45, 7) is 0. The Labute approximate surface area is 119 Å². The van der Waals surface area contributed by atoms with Gasteiger partial charge in [-0.05, 0) is 36.4 Å². The molecule has 0 aliphatic carbocycles. The van der Waals surface area contributed by atoms with Crippen LogP contribution in [-0.4, -0.2) is 25.6 Å². The molecule has 3 heterocycles. The Hall–Kier alpha value is -3.08.